The molecule has 3 nitrogen and oxygen atoms in total. The molecule has 2 aliphatic rings. The van der Waals surface area contributed by atoms with E-state index < -0.39 is 0 Å². The largest absolute Gasteiger partial charge is 0.381 e. The maximum Gasteiger partial charge on any atom is 0.0469 e. The van der Waals surface area contributed by atoms with Gasteiger partial charge in [0.25, 0.3) is 0 Å². The number of piperazine rings is 1. The molecule has 17 heavy (non-hydrogen) atoms. The first-order valence-corrected chi connectivity index (χ1v) is 7.33. The van der Waals surface area contributed by atoms with E-state index in [-0.39, 0.29) is 0 Å². The van der Waals surface area contributed by atoms with Gasteiger partial charge >= 0.3 is 0 Å². The maximum absolute atomic E-state index is 5.43. The molecule has 0 saturated carbocycles. The van der Waals surface area contributed by atoms with Gasteiger partial charge in [0.2, 0.25) is 0 Å². The van der Waals surface area contributed by atoms with Gasteiger partial charge in [-0.2, -0.15) is 0 Å². The van der Waals surface area contributed by atoms with E-state index in [1.807, 2.05) is 0 Å². The lowest BCUT2D eigenvalue weighted by molar-refractivity contribution is 0.0459. The SMILES string of the molecule is CCC(C)C1CN(CC2CCOCC2)CCN1. The van der Waals surface area contributed by atoms with E-state index in [4.69, 9.17) is 4.74 Å². The number of ether oxygens (including phenoxy) is 1. The van der Waals surface area contributed by atoms with Crippen LogP contribution in [0.1, 0.15) is 33.1 Å². The average Bonchev–Trinajstić information content (AvgIpc) is 2.39. The first-order valence-electron chi connectivity index (χ1n) is 7.33. The molecule has 2 unspecified atom stereocenters. The topological polar surface area (TPSA) is 24.5 Å². The highest BCUT2D eigenvalue weighted by Gasteiger charge is 2.25. The van der Waals surface area contributed by atoms with E-state index >= 15 is 0 Å². The summed E-state index contributed by atoms with van der Waals surface area (Å²) in [5.74, 6) is 1.67. The Labute approximate surface area is 106 Å². The zero-order chi connectivity index (χ0) is 12.1. The molecular formula is C14H28N2O. The fraction of sp³-hybridized carbons (Fsp3) is 1.00. The second-order valence-corrected chi connectivity index (χ2v) is 5.76. The fourth-order valence-electron chi connectivity index (χ4n) is 2.97. The first kappa shape index (κ1) is 13.3. The predicted molar refractivity (Wildman–Crippen MR) is 71.2 cm³/mol. The lowest BCUT2D eigenvalue weighted by Gasteiger charge is -2.38. The van der Waals surface area contributed by atoms with Gasteiger partial charge in [-0.05, 0) is 24.7 Å². The predicted octanol–water partition coefficient (Wildman–Crippen LogP) is 1.73. The van der Waals surface area contributed by atoms with Crippen LogP contribution < -0.4 is 5.32 Å². The Hall–Kier alpha value is -0.120. The van der Waals surface area contributed by atoms with Crippen molar-refractivity contribution in [1.82, 2.24) is 10.2 Å². The Morgan fingerprint density at radius 3 is 2.82 bits per heavy atom. The van der Waals surface area contributed by atoms with Crippen LogP contribution in [0.5, 0.6) is 0 Å². The van der Waals surface area contributed by atoms with Crippen molar-refractivity contribution < 1.29 is 4.74 Å². The zero-order valence-corrected chi connectivity index (χ0v) is 11.5. The van der Waals surface area contributed by atoms with Gasteiger partial charge in [-0.3, -0.25) is 0 Å². The lowest BCUT2D eigenvalue weighted by Crippen LogP contribution is -2.54. The molecule has 0 aromatic heterocycles. The summed E-state index contributed by atoms with van der Waals surface area (Å²) in [5.41, 5.74) is 0. The quantitative estimate of drug-likeness (QED) is 0.810. The second kappa shape index (κ2) is 6.72. The minimum atomic E-state index is 0.702. The first-order chi connectivity index (χ1) is 8.29. The third kappa shape index (κ3) is 3.94. The molecule has 2 aliphatic heterocycles. The van der Waals surface area contributed by atoms with Crippen molar-refractivity contribution in [2.45, 2.75) is 39.2 Å². The van der Waals surface area contributed by atoms with E-state index in [1.54, 1.807) is 0 Å². The van der Waals surface area contributed by atoms with Crippen LogP contribution in [0.15, 0.2) is 0 Å². The van der Waals surface area contributed by atoms with E-state index in [0.717, 1.165) is 31.6 Å². The van der Waals surface area contributed by atoms with Gasteiger partial charge < -0.3 is 15.0 Å². The summed E-state index contributed by atoms with van der Waals surface area (Å²) in [5, 5.41) is 3.67. The molecule has 1 N–H and O–H groups in total. The number of hydrogen-bond donors (Lipinski definition) is 1. The highest BCUT2D eigenvalue weighted by molar-refractivity contribution is 4.83. The van der Waals surface area contributed by atoms with Crippen molar-refractivity contribution in [2.75, 3.05) is 39.4 Å². The number of nitrogens with one attached hydrogen (secondary N) is 1. The molecule has 2 atom stereocenters. The Bertz CT molecular complexity index is 214. The molecule has 0 spiro atoms. The Morgan fingerprint density at radius 1 is 1.35 bits per heavy atom. The molecule has 0 aromatic carbocycles. The number of rotatable bonds is 4. The van der Waals surface area contributed by atoms with Gasteiger partial charge in [0.05, 0.1) is 0 Å². The summed E-state index contributed by atoms with van der Waals surface area (Å²) >= 11 is 0. The molecule has 2 rings (SSSR count). The summed E-state index contributed by atoms with van der Waals surface area (Å²) < 4.78 is 5.43. The molecule has 100 valence electrons. The van der Waals surface area contributed by atoms with Crippen LogP contribution in [0.25, 0.3) is 0 Å². The Balaban J connectivity index is 1.76. The minimum Gasteiger partial charge on any atom is -0.381 e. The van der Waals surface area contributed by atoms with Crippen LogP contribution in [0.3, 0.4) is 0 Å². The molecule has 0 radical (unpaired) electrons. The zero-order valence-electron chi connectivity index (χ0n) is 11.5. The van der Waals surface area contributed by atoms with E-state index in [2.05, 4.69) is 24.1 Å². The van der Waals surface area contributed by atoms with Gasteiger partial charge in [-0.1, -0.05) is 20.3 Å². The third-order valence-electron chi connectivity index (χ3n) is 4.48. The molecule has 2 fully saturated rings. The minimum absolute atomic E-state index is 0.702. The van der Waals surface area contributed by atoms with Crippen molar-refractivity contribution in [3.8, 4) is 0 Å². The molecule has 2 heterocycles. The van der Waals surface area contributed by atoms with Crippen molar-refractivity contribution in [3.05, 3.63) is 0 Å². The number of nitrogens with zero attached hydrogens (tertiary/aromatic N) is 1. The van der Waals surface area contributed by atoms with Crippen LogP contribution in [0, 0.1) is 11.8 Å². The molecule has 0 aliphatic carbocycles. The molecule has 0 amide bonds. The van der Waals surface area contributed by atoms with Crippen LogP contribution >= 0.6 is 0 Å². The van der Waals surface area contributed by atoms with Crippen LogP contribution in [-0.4, -0.2) is 50.3 Å². The average molecular weight is 240 g/mol. The van der Waals surface area contributed by atoms with Crippen molar-refractivity contribution in [2.24, 2.45) is 11.8 Å². The molecule has 2 saturated heterocycles. The summed E-state index contributed by atoms with van der Waals surface area (Å²) in [6.45, 7) is 11.5. The van der Waals surface area contributed by atoms with Crippen LogP contribution in [0.2, 0.25) is 0 Å². The van der Waals surface area contributed by atoms with Crippen molar-refractivity contribution in [3.63, 3.8) is 0 Å². The summed E-state index contributed by atoms with van der Waals surface area (Å²) in [4.78, 5) is 2.67. The standard InChI is InChI=1S/C14H28N2O/c1-3-12(2)14-11-16(7-6-15-14)10-13-4-8-17-9-5-13/h12-15H,3-11H2,1-2H3. The Kier molecular flexibility index (Phi) is 5.26. The molecular weight excluding hydrogens is 212 g/mol. The molecule has 0 bridgehead atoms. The van der Waals surface area contributed by atoms with Crippen LogP contribution in [0.4, 0.5) is 0 Å². The number of hydrogen-bond acceptors (Lipinski definition) is 3. The van der Waals surface area contributed by atoms with E-state index in [0.29, 0.717) is 6.04 Å². The van der Waals surface area contributed by atoms with Gasteiger partial charge in [-0.15, -0.1) is 0 Å². The third-order valence-corrected chi connectivity index (χ3v) is 4.48. The lowest BCUT2D eigenvalue weighted by atomic mass is 9.95. The maximum atomic E-state index is 5.43. The van der Waals surface area contributed by atoms with E-state index in [9.17, 15) is 0 Å². The van der Waals surface area contributed by atoms with Crippen molar-refractivity contribution >= 4 is 0 Å². The van der Waals surface area contributed by atoms with Gasteiger partial charge in [0.1, 0.15) is 0 Å². The fourth-order valence-corrected chi connectivity index (χ4v) is 2.97. The van der Waals surface area contributed by atoms with Gasteiger partial charge in [-0.25, -0.2) is 0 Å². The molecule has 0 aromatic rings. The second-order valence-electron chi connectivity index (χ2n) is 5.76. The monoisotopic (exact) mass is 240 g/mol. The summed E-state index contributed by atoms with van der Waals surface area (Å²) in [6, 6.07) is 0.702. The van der Waals surface area contributed by atoms with Gasteiger partial charge in [0, 0.05) is 45.4 Å². The smallest absolute Gasteiger partial charge is 0.0469 e. The van der Waals surface area contributed by atoms with Crippen molar-refractivity contribution in [1.29, 1.82) is 0 Å². The summed E-state index contributed by atoms with van der Waals surface area (Å²) in [6.07, 6.45) is 3.80. The highest BCUT2D eigenvalue weighted by Crippen LogP contribution is 2.18. The van der Waals surface area contributed by atoms with Crippen LogP contribution in [-0.2, 0) is 4.74 Å². The highest BCUT2D eigenvalue weighted by atomic mass is 16.5. The summed E-state index contributed by atoms with van der Waals surface area (Å²) in [7, 11) is 0. The Morgan fingerprint density at radius 2 is 2.12 bits per heavy atom. The van der Waals surface area contributed by atoms with Gasteiger partial charge in [0.15, 0.2) is 0 Å². The normalized spacial score (nSPS) is 30.4. The molecule has 3 heteroatoms. The van der Waals surface area contributed by atoms with E-state index in [1.165, 1.54) is 38.9 Å².